The molecule has 0 saturated carbocycles. The average molecular weight is 740 g/mol. The Labute approximate surface area is 332 Å². The van der Waals surface area contributed by atoms with Gasteiger partial charge in [-0.2, -0.15) is 0 Å². The van der Waals surface area contributed by atoms with E-state index in [4.69, 9.17) is 4.42 Å². The predicted octanol–water partition coefficient (Wildman–Crippen LogP) is 14.5. The number of nitrogens with zero attached hydrogens (tertiary/aromatic N) is 3. The van der Waals surface area contributed by atoms with Crippen molar-refractivity contribution in [3.05, 3.63) is 200 Å². The molecule has 4 heterocycles. The fourth-order valence-electron chi connectivity index (χ4n) is 9.71. The van der Waals surface area contributed by atoms with Crippen molar-refractivity contribution in [2.45, 2.75) is 0 Å². The maximum absolute atomic E-state index is 6.56. The summed E-state index contributed by atoms with van der Waals surface area (Å²) in [5.74, 6) is 0. The molecular formula is C54H33N3O. The molecule has 4 nitrogen and oxygen atoms in total. The van der Waals surface area contributed by atoms with Crippen molar-refractivity contribution >= 4 is 87.4 Å². The molecule has 9 aromatic carbocycles. The second-order valence-electron chi connectivity index (χ2n) is 15.3. The first-order chi connectivity index (χ1) is 28.8. The van der Waals surface area contributed by atoms with Crippen LogP contribution in [0.1, 0.15) is 0 Å². The molecule has 4 aromatic heterocycles. The molecule has 0 amide bonds. The normalized spacial score (nSPS) is 12.1. The van der Waals surface area contributed by atoms with Gasteiger partial charge >= 0.3 is 0 Å². The lowest BCUT2D eigenvalue weighted by Crippen LogP contribution is -1.96. The average Bonchev–Trinajstić information content (AvgIpc) is 4.02. The number of furan rings is 1. The highest BCUT2D eigenvalue weighted by Crippen LogP contribution is 2.41. The van der Waals surface area contributed by atoms with Gasteiger partial charge in [-0.25, -0.2) is 0 Å². The van der Waals surface area contributed by atoms with Crippen LogP contribution in [0.2, 0.25) is 0 Å². The van der Waals surface area contributed by atoms with Crippen LogP contribution in [0, 0.1) is 0 Å². The first-order valence-electron chi connectivity index (χ1n) is 19.8. The highest BCUT2D eigenvalue weighted by Gasteiger charge is 2.20. The Morgan fingerprint density at radius 3 is 1.40 bits per heavy atom. The van der Waals surface area contributed by atoms with Crippen LogP contribution in [0.15, 0.2) is 205 Å². The molecule has 13 aromatic rings. The first-order valence-corrected chi connectivity index (χ1v) is 19.8. The van der Waals surface area contributed by atoms with E-state index in [1.165, 1.54) is 71.2 Å². The molecule has 0 aliphatic rings. The van der Waals surface area contributed by atoms with Gasteiger partial charge in [0.2, 0.25) is 0 Å². The molecule has 58 heavy (non-hydrogen) atoms. The number of rotatable bonds is 4. The van der Waals surface area contributed by atoms with Crippen LogP contribution in [0.25, 0.3) is 116 Å². The fraction of sp³-hybridized carbons (Fsp3) is 0. The molecular weight excluding hydrogens is 707 g/mol. The Morgan fingerprint density at radius 2 is 0.741 bits per heavy atom. The largest absolute Gasteiger partial charge is 0.454 e. The molecule has 0 saturated heterocycles. The second kappa shape index (κ2) is 11.8. The molecule has 0 spiro atoms. The zero-order valence-corrected chi connectivity index (χ0v) is 31.3. The smallest absolute Gasteiger partial charge is 0.159 e. The van der Waals surface area contributed by atoms with Crippen LogP contribution in [0.5, 0.6) is 0 Å². The molecule has 270 valence electrons. The summed E-state index contributed by atoms with van der Waals surface area (Å²) in [4.78, 5) is 0. The zero-order chi connectivity index (χ0) is 37.9. The second-order valence-corrected chi connectivity index (χ2v) is 15.3. The van der Waals surface area contributed by atoms with Crippen LogP contribution in [-0.4, -0.2) is 13.7 Å². The molecule has 0 N–H and O–H groups in total. The van der Waals surface area contributed by atoms with Crippen LogP contribution in [0.4, 0.5) is 0 Å². The van der Waals surface area contributed by atoms with Gasteiger partial charge in [0.1, 0.15) is 5.58 Å². The van der Waals surface area contributed by atoms with E-state index in [2.05, 4.69) is 208 Å². The summed E-state index contributed by atoms with van der Waals surface area (Å²) in [5, 5.41) is 9.65. The minimum atomic E-state index is 0.898. The molecule has 4 heteroatoms. The van der Waals surface area contributed by atoms with Gasteiger partial charge in [0.15, 0.2) is 5.58 Å². The van der Waals surface area contributed by atoms with Crippen molar-refractivity contribution in [2.75, 3.05) is 0 Å². The molecule has 0 aliphatic heterocycles. The topological polar surface area (TPSA) is 27.9 Å². The van der Waals surface area contributed by atoms with Crippen molar-refractivity contribution in [3.63, 3.8) is 0 Å². The number of hydrogen-bond acceptors (Lipinski definition) is 1. The third-order valence-corrected chi connectivity index (χ3v) is 12.2. The maximum atomic E-state index is 6.56. The molecule has 0 aliphatic carbocycles. The third kappa shape index (κ3) is 4.34. The molecule has 0 fully saturated rings. The van der Waals surface area contributed by atoms with Crippen LogP contribution in [-0.2, 0) is 0 Å². The monoisotopic (exact) mass is 739 g/mol. The van der Waals surface area contributed by atoms with Crippen molar-refractivity contribution in [2.24, 2.45) is 0 Å². The van der Waals surface area contributed by atoms with E-state index in [0.717, 1.165) is 44.3 Å². The number of fused-ring (bicyclic) bond motifs is 12. The van der Waals surface area contributed by atoms with Crippen molar-refractivity contribution in [1.29, 1.82) is 0 Å². The van der Waals surface area contributed by atoms with Crippen LogP contribution < -0.4 is 0 Å². The summed E-state index contributed by atoms with van der Waals surface area (Å²) < 4.78 is 13.7. The predicted molar refractivity (Wildman–Crippen MR) is 242 cm³/mol. The minimum absolute atomic E-state index is 0.898. The summed E-state index contributed by atoms with van der Waals surface area (Å²) >= 11 is 0. The Bertz CT molecular complexity index is 3800. The van der Waals surface area contributed by atoms with Gasteiger partial charge < -0.3 is 18.1 Å². The van der Waals surface area contributed by atoms with E-state index in [1.807, 2.05) is 6.07 Å². The maximum Gasteiger partial charge on any atom is 0.159 e. The molecule has 0 unspecified atom stereocenters. The van der Waals surface area contributed by atoms with E-state index in [9.17, 15) is 0 Å². The Morgan fingerprint density at radius 1 is 0.276 bits per heavy atom. The van der Waals surface area contributed by atoms with E-state index >= 15 is 0 Å². The molecule has 0 radical (unpaired) electrons. The summed E-state index contributed by atoms with van der Waals surface area (Å²) in [5.41, 5.74) is 14.6. The van der Waals surface area contributed by atoms with Crippen LogP contribution in [0.3, 0.4) is 0 Å². The van der Waals surface area contributed by atoms with Crippen molar-refractivity contribution < 1.29 is 4.42 Å². The number of para-hydroxylation sites is 6. The van der Waals surface area contributed by atoms with E-state index in [0.29, 0.717) is 0 Å². The molecule has 13 rings (SSSR count). The quantitative estimate of drug-likeness (QED) is 0.177. The van der Waals surface area contributed by atoms with Crippen molar-refractivity contribution in [1.82, 2.24) is 13.7 Å². The summed E-state index contributed by atoms with van der Waals surface area (Å²) in [6.07, 6.45) is 0. The Kier molecular flexibility index (Phi) is 6.41. The standard InChI is InChI=1S/C54H33N3O/c1-2-13-36(14-3-1)55-46-20-8-4-15-38(46)43-31-34(25-28-49(43)55)35-26-29-50-44(32-35)39-16-5-9-21-47(39)56(50)37-27-30-51-45(33-37)40-17-6-10-22-48(40)57(51)52-23-12-19-42-41-18-7-11-24-53(41)58-54(42)52/h1-33H. The molecule has 0 atom stereocenters. The summed E-state index contributed by atoms with van der Waals surface area (Å²) in [6, 6.07) is 72.5. The minimum Gasteiger partial charge on any atom is -0.454 e. The number of aromatic nitrogens is 3. The summed E-state index contributed by atoms with van der Waals surface area (Å²) in [6.45, 7) is 0. The van der Waals surface area contributed by atoms with Crippen LogP contribution >= 0.6 is 0 Å². The highest BCUT2D eigenvalue weighted by atomic mass is 16.3. The Balaban J connectivity index is 0.992. The SMILES string of the molecule is c1ccc(-n2c3ccccc3c3cc(-c4ccc5c(c4)c4ccccc4n5-c4ccc5c(c4)c4ccccc4n5-c4cccc5c4oc4ccccc45)ccc32)cc1. The fourth-order valence-corrected chi connectivity index (χ4v) is 9.71. The van der Waals surface area contributed by atoms with E-state index < -0.39 is 0 Å². The first kappa shape index (κ1) is 31.4. The van der Waals surface area contributed by atoms with Gasteiger partial charge in [0.25, 0.3) is 0 Å². The van der Waals surface area contributed by atoms with Gasteiger partial charge in [-0.15, -0.1) is 0 Å². The lowest BCUT2D eigenvalue weighted by molar-refractivity contribution is 0.666. The molecule has 0 bridgehead atoms. The van der Waals surface area contributed by atoms with Crippen molar-refractivity contribution in [3.8, 4) is 28.2 Å². The lowest BCUT2D eigenvalue weighted by atomic mass is 10.0. The van der Waals surface area contributed by atoms with Gasteiger partial charge in [0, 0.05) is 54.5 Å². The number of benzene rings is 9. The Hall–Kier alpha value is -7.82. The van der Waals surface area contributed by atoms with E-state index in [-0.39, 0.29) is 0 Å². The lowest BCUT2D eigenvalue weighted by Gasteiger charge is -2.11. The highest BCUT2D eigenvalue weighted by molar-refractivity contribution is 6.15. The van der Waals surface area contributed by atoms with Gasteiger partial charge in [-0.05, 0) is 96.1 Å². The third-order valence-electron chi connectivity index (χ3n) is 12.2. The zero-order valence-electron chi connectivity index (χ0n) is 31.3. The summed E-state index contributed by atoms with van der Waals surface area (Å²) in [7, 11) is 0. The van der Waals surface area contributed by atoms with Gasteiger partial charge in [0.05, 0.1) is 38.8 Å². The van der Waals surface area contributed by atoms with Gasteiger partial charge in [-0.1, -0.05) is 115 Å². The van der Waals surface area contributed by atoms with E-state index in [1.54, 1.807) is 0 Å². The van der Waals surface area contributed by atoms with Gasteiger partial charge in [-0.3, -0.25) is 0 Å². The number of hydrogen-bond donors (Lipinski definition) is 0.